The zero-order chi connectivity index (χ0) is 9.90. The van der Waals surface area contributed by atoms with Crippen LogP contribution in [0.1, 0.15) is 5.82 Å². The van der Waals surface area contributed by atoms with Crippen molar-refractivity contribution in [1.82, 2.24) is 14.7 Å². The van der Waals surface area contributed by atoms with Crippen molar-refractivity contribution >= 4 is 10.2 Å². The summed E-state index contributed by atoms with van der Waals surface area (Å²) in [5.74, 6) is 1.07. The van der Waals surface area contributed by atoms with Crippen molar-refractivity contribution in [1.29, 1.82) is 0 Å². The van der Waals surface area contributed by atoms with E-state index in [2.05, 4.69) is 27.2 Å². The SMILES string of the molecule is CNS(C)(C)Cc1ncc(F)cn1. The van der Waals surface area contributed by atoms with Crippen molar-refractivity contribution in [3.63, 3.8) is 0 Å². The standard InChI is InChI=1S/C8H14FN3S/c1-10-13(2,3)6-8-11-4-7(9)5-12-8/h4-5,10H,6H2,1-3H3. The van der Waals surface area contributed by atoms with Gasteiger partial charge in [-0.2, -0.15) is 10.2 Å². The van der Waals surface area contributed by atoms with E-state index in [9.17, 15) is 4.39 Å². The van der Waals surface area contributed by atoms with Gasteiger partial charge in [0.2, 0.25) is 0 Å². The van der Waals surface area contributed by atoms with E-state index in [4.69, 9.17) is 0 Å². The lowest BCUT2D eigenvalue weighted by Crippen LogP contribution is -2.16. The Bertz CT molecular complexity index is 273. The van der Waals surface area contributed by atoms with Crippen molar-refractivity contribution in [2.45, 2.75) is 5.75 Å². The van der Waals surface area contributed by atoms with Gasteiger partial charge in [-0.3, -0.25) is 4.72 Å². The quantitative estimate of drug-likeness (QED) is 0.805. The third-order valence-corrected chi connectivity index (χ3v) is 3.80. The lowest BCUT2D eigenvalue weighted by atomic mass is 10.6. The van der Waals surface area contributed by atoms with Crippen molar-refractivity contribution in [2.75, 3.05) is 19.6 Å². The molecular weight excluding hydrogens is 189 g/mol. The molecule has 13 heavy (non-hydrogen) atoms. The van der Waals surface area contributed by atoms with Crippen LogP contribution in [0.15, 0.2) is 12.4 Å². The number of halogens is 1. The minimum Gasteiger partial charge on any atom is -0.284 e. The normalized spacial score (nSPS) is 12.9. The molecule has 0 fully saturated rings. The average Bonchev–Trinajstić information content (AvgIpc) is 2.09. The van der Waals surface area contributed by atoms with E-state index in [0.29, 0.717) is 5.82 Å². The van der Waals surface area contributed by atoms with Crippen LogP contribution in [0.3, 0.4) is 0 Å². The molecule has 1 aromatic heterocycles. The second kappa shape index (κ2) is 4.02. The molecule has 0 aliphatic heterocycles. The first-order valence-corrected chi connectivity index (χ1v) is 6.51. The molecule has 5 heteroatoms. The fraction of sp³-hybridized carbons (Fsp3) is 0.500. The van der Waals surface area contributed by atoms with Crippen molar-refractivity contribution in [2.24, 2.45) is 0 Å². The summed E-state index contributed by atoms with van der Waals surface area (Å²) in [7, 11) is 1.03. The Labute approximate surface area is 79.2 Å². The smallest absolute Gasteiger partial charge is 0.159 e. The number of nitrogens with zero attached hydrogens (tertiary/aromatic N) is 2. The van der Waals surface area contributed by atoms with Gasteiger partial charge in [0.15, 0.2) is 5.82 Å². The van der Waals surface area contributed by atoms with Crippen LogP contribution in [-0.2, 0) is 5.75 Å². The van der Waals surface area contributed by atoms with Gasteiger partial charge >= 0.3 is 0 Å². The van der Waals surface area contributed by atoms with Gasteiger partial charge in [0.1, 0.15) is 5.82 Å². The molecule has 0 spiro atoms. The van der Waals surface area contributed by atoms with E-state index in [0.717, 1.165) is 5.75 Å². The molecule has 1 aromatic rings. The molecule has 0 atom stereocenters. The summed E-state index contributed by atoms with van der Waals surface area (Å²) >= 11 is 0. The highest BCUT2D eigenvalue weighted by molar-refractivity contribution is 8.30. The number of nitrogens with one attached hydrogen (secondary N) is 1. The summed E-state index contributed by atoms with van der Waals surface area (Å²) in [6.07, 6.45) is 6.65. The van der Waals surface area contributed by atoms with Crippen LogP contribution in [0.25, 0.3) is 0 Å². The first kappa shape index (κ1) is 10.4. The molecule has 3 nitrogen and oxygen atoms in total. The van der Waals surface area contributed by atoms with Gasteiger partial charge in [0, 0.05) is 5.75 Å². The lowest BCUT2D eigenvalue weighted by Gasteiger charge is -2.29. The predicted octanol–water partition coefficient (Wildman–Crippen LogP) is 1.31. The summed E-state index contributed by atoms with van der Waals surface area (Å²) in [6, 6.07) is 0. The average molecular weight is 203 g/mol. The lowest BCUT2D eigenvalue weighted by molar-refractivity contribution is 0.610. The predicted molar refractivity (Wildman–Crippen MR) is 54.2 cm³/mol. The first-order valence-electron chi connectivity index (χ1n) is 3.89. The Morgan fingerprint density at radius 1 is 1.38 bits per heavy atom. The zero-order valence-corrected chi connectivity index (χ0v) is 8.86. The number of hydrogen-bond donors (Lipinski definition) is 1. The maximum atomic E-state index is 12.5. The van der Waals surface area contributed by atoms with Crippen LogP contribution in [0.2, 0.25) is 0 Å². The summed E-state index contributed by atoms with van der Waals surface area (Å²) in [5, 5.41) is 0. The Morgan fingerprint density at radius 2 is 1.92 bits per heavy atom. The van der Waals surface area contributed by atoms with Crippen LogP contribution in [-0.4, -0.2) is 29.5 Å². The fourth-order valence-corrected chi connectivity index (χ4v) is 1.75. The molecular formula is C8H14FN3S. The van der Waals surface area contributed by atoms with Crippen LogP contribution >= 0.6 is 10.2 Å². The third kappa shape index (κ3) is 3.28. The van der Waals surface area contributed by atoms with Gasteiger partial charge in [-0.1, -0.05) is 0 Å². The largest absolute Gasteiger partial charge is 0.284 e. The molecule has 0 aliphatic carbocycles. The molecule has 0 amide bonds. The second-order valence-corrected chi connectivity index (χ2v) is 6.98. The molecule has 0 aliphatic rings. The highest BCUT2D eigenvalue weighted by Gasteiger charge is 2.11. The monoisotopic (exact) mass is 203 g/mol. The molecule has 1 heterocycles. The topological polar surface area (TPSA) is 37.8 Å². The van der Waals surface area contributed by atoms with E-state index < -0.39 is 10.2 Å². The molecule has 0 unspecified atom stereocenters. The Hall–Kier alpha value is -0.680. The maximum absolute atomic E-state index is 12.5. The van der Waals surface area contributed by atoms with Gasteiger partial charge in [0.25, 0.3) is 0 Å². The first-order chi connectivity index (χ1) is 6.03. The molecule has 0 saturated carbocycles. The van der Waals surface area contributed by atoms with E-state index in [-0.39, 0.29) is 5.82 Å². The van der Waals surface area contributed by atoms with E-state index in [1.165, 1.54) is 12.4 Å². The van der Waals surface area contributed by atoms with Crippen LogP contribution < -0.4 is 4.72 Å². The van der Waals surface area contributed by atoms with E-state index >= 15 is 0 Å². The molecule has 74 valence electrons. The molecule has 0 aromatic carbocycles. The minimum atomic E-state index is -0.883. The van der Waals surface area contributed by atoms with E-state index in [1.807, 2.05) is 7.05 Å². The van der Waals surface area contributed by atoms with Gasteiger partial charge in [0.05, 0.1) is 12.4 Å². The number of aromatic nitrogens is 2. The zero-order valence-electron chi connectivity index (χ0n) is 8.04. The highest BCUT2D eigenvalue weighted by Crippen LogP contribution is 2.36. The van der Waals surface area contributed by atoms with Gasteiger partial charge in [-0.25, -0.2) is 14.4 Å². The summed E-state index contributed by atoms with van der Waals surface area (Å²) in [4.78, 5) is 7.81. The Morgan fingerprint density at radius 3 is 2.38 bits per heavy atom. The summed E-state index contributed by atoms with van der Waals surface area (Å²) in [5.41, 5.74) is 0. The summed E-state index contributed by atoms with van der Waals surface area (Å²) < 4.78 is 15.7. The number of hydrogen-bond acceptors (Lipinski definition) is 3. The fourth-order valence-electron chi connectivity index (χ4n) is 0.808. The number of rotatable bonds is 3. The molecule has 1 rings (SSSR count). The summed E-state index contributed by atoms with van der Waals surface area (Å²) in [6.45, 7) is 0. The molecule has 0 bridgehead atoms. The highest BCUT2D eigenvalue weighted by atomic mass is 32.3. The molecule has 1 N–H and O–H groups in total. The molecule has 0 saturated heterocycles. The van der Waals surface area contributed by atoms with Gasteiger partial charge in [-0.05, 0) is 19.6 Å². The van der Waals surface area contributed by atoms with Crippen molar-refractivity contribution in [3.8, 4) is 0 Å². The van der Waals surface area contributed by atoms with Gasteiger partial charge in [-0.15, -0.1) is 0 Å². The van der Waals surface area contributed by atoms with Crippen LogP contribution in [0, 0.1) is 5.82 Å². The molecule has 0 radical (unpaired) electrons. The van der Waals surface area contributed by atoms with Gasteiger partial charge < -0.3 is 0 Å². The van der Waals surface area contributed by atoms with E-state index in [1.54, 1.807) is 0 Å². The Balaban J connectivity index is 2.69. The van der Waals surface area contributed by atoms with Crippen molar-refractivity contribution in [3.05, 3.63) is 24.0 Å². The minimum absolute atomic E-state index is 0.388. The van der Waals surface area contributed by atoms with Crippen molar-refractivity contribution < 1.29 is 4.39 Å². The maximum Gasteiger partial charge on any atom is 0.159 e. The van der Waals surface area contributed by atoms with Crippen LogP contribution in [0.4, 0.5) is 4.39 Å². The third-order valence-electron chi connectivity index (χ3n) is 1.72. The second-order valence-electron chi connectivity index (χ2n) is 3.20. The Kier molecular flexibility index (Phi) is 3.22. The van der Waals surface area contributed by atoms with Crippen LogP contribution in [0.5, 0.6) is 0 Å².